The first-order chi connectivity index (χ1) is 11.5. The monoisotopic (exact) mass is 320 g/mol. The number of rotatable bonds is 4. The SMILES string of the molecule is Cc1cc(-c2cccc(NC(=O)c3ccc(N(C)C)cc3)c2)n[nH]1. The maximum Gasteiger partial charge on any atom is 0.255 e. The molecule has 0 bridgehead atoms. The molecule has 3 rings (SSSR count). The number of anilines is 2. The average molecular weight is 320 g/mol. The van der Waals surface area contributed by atoms with E-state index in [-0.39, 0.29) is 5.91 Å². The van der Waals surface area contributed by atoms with E-state index in [0.717, 1.165) is 28.3 Å². The Bertz CT molecular complexity index is 850. The van der Waals surface area contributed by atoms with Crippen LogP contribution in [0.2, 0.25) is 0 Å². The van der Waals surface area contributed by atoms with Gasteiger partial charge in [0.25, 0.3) is 5.91 Å². The number of aromatic amines is 1. The summed E-state index contributed by atoms with van der Waals surface area (Å²) in [6, 6.07) is 17.1. The summed E-state index contributed by atoms with van der Waals surface area (Å²) in [6.45, 7) is 1.96. The van der Waals surface area contributed by atoms with Gasteiger partial charge in [-0.3, -0.25) is 9.89 Å². The molecule has 2 N–H and O–H groups in total. The number of aromatic nitrogens is 2. The molecular weight excluding hydrogens is 300 g/mol. The second kappa shape index (κ2) is 6.58. The van der Waals surface area contributed by atoms with Crippen LogP contribution in [0.5, 0.6) is 0 Å². The van der Waals surface area contributed by atoms with E-state index < -0.39 is 0 Å². The highest BCUT2D eigenvalue weighted by molar-refractivity contribution is 6.04. The Labute approximate surface area is 141 Å². The molecule has 2 aromatic carbocycles. The minimum atomic E-state index is -0.129. The number of hydrogen-bond acceptors (Lipinski definition) is 3. The standard InChI is InChI=1S/C19H20N4O/c1-13-11-18(22-21-13)15-5-4-6-16(12-15)20-19(24)14-7-9-17(10-8-14)23(2)3/h4-12H,1-3H3,(H,20,24)(H,21,22). The van der Waals surface area contributed by atoms with Gasteiger partial charge >= 0.3 is 0 Å². The normalized spacial score (nSPS) is 10.5. The largest absolute Gasteiger partial charge is 0.378 e. The van der Waals surface area contributed by atoms with Crippen molar-refractivity contribution in [1.29, 1.82) is 0 Å². The van der Waals surface area contributed by atoms with Crippen LogP contribution in [0.3, 0.4) is 0 Å². The van der Waals surface area contributed by atoms with Crippen molar-refractivity contribution in [3.05, 3.63) is 65.9 Å². The first-order valence-corrected chi connectivity index (χ1v) is 7.74. The van der Waals surface area contributed by atoms with Crippen molar-refractivity contribution < 1.29 is 4.79 Å². The summed E-state index contributed by atoms with van der Waals surface area (Å²) in [5.74, 6) is -0.129. The summed E-state index contributed by atoms with van der Waals surface area (Å²) >= 11 is 0. The Balaban J connectivity index is 1.77. The van der Waals surface area contributed by atoms with Crippen molar-refractivity contribution in [2.24, 2.45) is 0 Å². The van der Waals surface area contributed by atoms with Crippen LogP contribution in [0.4, 0.5) is 11.4 Å². The fraction of sp³-hybridized carbons (Fsp3) is 0.158. The zero-order chi connectivity index (χ0) is 17.1. The molecule has 122 valence electrons. The molecule has 3 aromatic rings. The van der Waals surface area contributed by atoms with E-state index in [1.54, 1.807) is 0 Å². The van der Waals surface area contributed by atoms with Gasteiger partial charge in [-0.25, -0.2) is 0 Å². The third-order valence-electron chi connectivity index (χ3n) is 3.77. The maximum absolute atomic E-state index is 12.4. The second-order valence-electron chi connectivity index (χ2n) is 5.91. The molecule has 0 aliphatic carbocycles. The van der Waals surface area contributed by atoms with Gasteiger partial charge in [0.05, 0.1) is 5.69 Å². The van der Waals surface area contributed by atoms with Crippen LogP contribution in [0.1, 0.15) is 16.1 Å². The van der Waals surface area contributed by atoms with Crippen molar-refractivity contribution in [1.82, 2.24) is 10.2 Å². The molecule has 5 heteroatoms. The van der Waals surface area contributed by atoms with Crippen LogP contribution in [0.25, 0.3) is 11.3 Å². The number of hydrogen-bond donors (Lipinski definition) is 2. The van der Waals surface area contributed by atoms with Gasteiger partial charge in [0.2, 0.25) is 0 Å². The number of amides is 1. The molecule has 0 saturated carbocycles. The lowest BCUT2D eigenvalue weighted by Crippen LogP contribution is -2.13. The fourth-order valence-electron chi connectivity index (χ4n) is 2.44. The lowest BCUT2D eigenvalue weighted by molar-refractivity contribution is 0.102. The summed E-state index contributed by atoms with van der Waals surface area (Å²) in [5, 5.41) is 10.1. The van der Waals surface area contributed by atoms with Gasteiger partial charge < -0.3 is 10.2 Å². The third kappa shape index (κ3) is 3.46. The molecule has 0 spiro atoms. The Kier molecular flexibility index (Phi) is 4.33. The number of nitrogens with zero attached hydrogens (tertiary/aromatic N) is 2. The predicted octanol–water partition coefficient (Wildman–Crippen LogP) is 3.70. The molecule has 0 unspecified atom stereocenters. The minimum absolute atomic E-state index is 0.129. The van der Waals surface area contributed by atoms with Crippen LogP contribution in [-0.4, -0.2) is 30.2 Å². The molecule has 1 heterocycles. The molecular formula is C19H20N4O. The van der Waals surface area contributed by atoms with Gasteiger partial charge in [0.15, 0.2) is 0 Å². The van der Waals surface area contributed by atoms with Crippen molar-refractivity contribution in [2.75, 3.05) is 24.3 Å². The second-order valence-corrected chi connectivity index (χ2v) is 5.91. The van der Waals surface area contributed by atoms with Gasteiger partial charge in [0.1, 0.15) is 0 Å². The molecule has 0 saturated heterocycles. The topological polar surface area (TPSA) is 61.0 Å². The summed E-state index contributed by atoms with van der Waals surface area (Å²) in [7, 11) is 3.94. The smallest absolute Gasteiger partial charge is 0.255 e. The lowest BCUT2D eigenvalue weighted by atomic mass is 10.1. The number of nitrogens with one attached hydrogen (secondary N) is 2. The highest BCUT2D eigenvalue weighted by Gasteiger charge is 2.08. The lowest BCUT2D eigenvalue weighted by Gasteiger charge is -2.12. The van der Waals surface area contributed by atoms with Gasteiger partial charge in [-0.05, 0) is 49.4 Å². The molecule has 0 atom stereocenters. The minimum Gasteiger partial charge on any atom is -0.378 e. The molecule has 24 heavy (non-hydrogen) atoms. The van der Waals surface area contributed by atoms with Crippen molar-refractivity contribution >= 4 is 17.3 Å². The number of benzene rings is 2. The molecule has 0 fully saturated rings. The number of H-pyrrole nitrogens is 1. The summed E-state index contributed by atoms with van der Waals surface area (Å²) < 4.78 is 0. The average Bonchev–Trinajstić information content (AvgIpc) is 3.02. The zero-order valence-corrected chi connectivity index (χ0v) is 14.0. The zero-order valence-electron chi connectivity index (χ0n) is 14.0. The fourth-order valence-corrected chi connectivity index (χ4v) is 2.44. The van der Waals surface area contributed by atoms with E-state index in [1.807, 2.05) is 80.5 Å². The van der Waals surface area contributed by atoms with Crippen LogP contribution in [0.15, 0.2) is 54.6 Å². The molecule has 5 nitrogen and oxygen atoms in total. The van der Waals surface area contributed by atoms with Gasteiger partial charge in [-0.1, -0.05) is 12.1 Å². The maximum atomic E-state index is 12.4. The highest BCUT2D eigenvalue weighted by atomic mass is 16.1. The Morgan fingerprint density at radius 1 is 1.08 bits per heavy atom. The van der Waals surface area contributed by atoms with Gasteiger partial charge in [-0.15, -0.1) is 0 Å². The van der Waals surface area contributed by atoms with E-state index in [1.165, 1.54) is 0 Å². The molecule has 0 aliphatic rings. The number of carbonyl (C=O) groups excluding carboxylic acids is 1. The Morgan fingerprint density at radius 2 is 1.83 bits per heavy atom. The Morgan fingerprint density at radius 3 is 2.46 bits per heavy atom. The Hall–Kier alpha value is -3.08. The van der Waals surface area contributed by atoms with Crippen molar-refractivity contribution in [3.8, 4) is 11.3 Å². The summed E-state index contributed by atoms with van der Waals surface area (Å²) in [4.78, 5) is 14.4. The van der Waals surface area contributed by atoms with Crippen LogP contribution in [-0.2, 0) is 0 Å². The van der Waals surface area contributed by atoms with E-state index in [4.69, 9.17) is 0 Å². The number of aryl methyl sites for hydroxylation is 1. The quantitative estimate of drug-likeness (QED) is 0.770. The van der Waals surface area contributed by atoms with Gasteiger partial charge in [0, 0.05) is 42.3 Å². The molecule has 1 amide bonds. The third-order valence-corrected chi connectivity index (χ3v) is 3.77. The van der Waals surface area contributed by atoms with E-state index in [2.05, 4.69) is 15.5 Å². The van der Waals surface area contributed by atoms with Crippen LogP contribution in [0, 0.1) is 6.92 Å². The van der Waals surface area contributed by atoms with Crippen LogP contribution >= 0.6 is 0 Å². The van der Waals surface area contributed by atoms with Crippen molar-refractivity contribution in [2.45, 2.75) is 6.92 Å². The molecule has 0 radical (unpaired) electrons. The van der Waals surface area contributed by atoms with E-state index >= 15 is 0 Å². The van der Waals surface area contributed by atoms with Crippen molar-refractivity contribution in [3.63, 3.8) is 0 Å². The van der Waals surface area contributed by atoms with E-state index in [9.17, 15) is 4.79 Å². The number of carbonyl (C=O) groups is 1. The van der Waals surface area contributed by atoms with Crippen LogP contribution < -0.4 is 10.2 Å². The first-order valence-electron chi connectivity index (χ1n) is 7.74. The molecule has 0 aliphatic heterocycles. The van der Waals surface area contributed by atoms with Gasteiger partial charge in [-0.2, -0.15) is 5.10 Å². The highest BCUT2D eigenvalue weighted by Crippen LogP contribution is 2.22. The summed E-state index contributed by atoms with van der Waals surface area (Å²) in [6.07, 6.45) is 0. The van der Waals surface area contributed by atoms with E-state index in [0.29, 0.717) is 5.56 Å². The summed E-state index contributed by atoms with van der Waals surface area (Å²) in [5.41, 5.74) is 5.25. The molecule has 1 aromatic heterocycles. The first kappa shape index (κ1) is 15.8. The predicted molar refractivity (Wildman–Crippen MR) is 97.5 cm³/mol.